The molecule has 0 bridgehead atoms. The molecule has 1 saturated carbocycles. The summed E-state index contributed by atoms with van der Waals surface area (Å²) in [6.07, 6.45) is 6.96. The molecule has 0 amide bonds. The van der Waals surface area contributed by atoms with Gasteiger partial charge in [0.1, 0.15) is 0 Å². The molecule has 1 aliphatic rings. The maximum atomic E-state index is 13.3. The number of imidazole rings is 1. The third-order valence-electron chi connectivity index (χ3n) is 6.91. The molecule has 0 aliphatic heterocycles. The molecule has 8 heteroatoms. The Morgan fingerprint density at radius 2 is 1.85 bits per heavy atom. The molecule has 0 spiro atoms. The number of tetrazole rings is 1. The number of aryl methyl sites for hydroxylation is 1. The summed E-state index contributed by atoms with van der Waals surface area (Å²) in [7, 11) is 0. The van der Waals surface area contributed by atoms with E-state index in [-0.39, 0.29) is 5.69 Å². The quantitative estimate of drug-likeness (QED) is 0.442. The van der Waals surface area contributed by atoms with Crippen molar-refractivity contribution in [1.82, 2.24) is 34.7 Å². The van der Waals surface area contributed by atoms with Crippen molar-refractivity contribution >= 4 is 0 Å². The second-order valence-electron chi connectivity index (χ2n) is 9.08. The highest BCUT2D eigenvalue weighted by molar-refractivity contribution is 5.70. The second kappa shape index (κ2) is 8.77. The molecule has 0 saturated heterocycles. The SMILES string of the molecule is CCCCc1cn(C2C(C)C2C)c(=O)n1Cc1cc(-c2cccc(-c3nnn[nH]3)c2)ccn1. The number of unbranched alkanes of at least 4 members (excludes halogenated alkanes) is 1. The van der Waals surface area contributed by atoms with Gasteiger partial charge >= 0.3 is 5.69 Å². The van der Waals surface area contributed by atoms with Crippen LogP contribution >= 0.6 is 0 Å². The minimum atomic E-state index is 0.0781. The Bertz CT molecular complexity index is 1300. The van der Waals surface area contributed by atoms with Gasteiger partial charge in [-0.2, -0.15) is 0 Å². The number of H-pyrrole nitrogens is 1. The van der Waals surface area contributed by atoms with E-state index in [1.165, 1.54) is 0 Å². The van der Waals surface area contributed by atoms with Gasteiger partial charge in [0, 0.05) is 29.7 Å². The van der Waals surface area contributed by atoms with Crippen LogP contribution in [0.4, 0.5) is 0 Å². The topological polar surface area (TPSA) is 94.3 Å². The molecule has 1 N–H and O–H groups in total. The summed E-state index contributed by atoms with van der Waals surface area (Å²) in [6.45, 7) is 7.09. The van der Waals surface area contributed by atoms with Crippen LogP contribution in [0, 0.1) is 11.8 Å². The van der Waals surface area contributed by atoms with Gasteiger partial charge < -0.3 is 0 Å². The van der Waals surface area contributed by atoms with Gasteiger partial charge in [-0.15, -0.1) is 5.10 Å². The molecule has 5 rings (SSSR count). The summed E-state index contributed by atoms with van der Waals surface area (Å²) >= 11 is 0. The Morgan fingerprint density at radius 3 is 2.58 bits per heavy atom. The minimum absolute atomic E-state index is 0.0781. The van der Waals surface area contributed by atoms with Gasteiger partial charge in [-0.1, -0.05) is 45.4 Å². The van der Waals surface area contributed by atoms with Crippen LogP contribution in [0.25, 0.3) is 22.5 Å². The normalized spacial score (nSPS) is 19.7. The molecule has 4 aromatic rings. The van der Waals surface area contributed by atoms with Gasteiger partial charge in [0.25, 0.3) is 0 Å². The summed E-state index contributed by atoms with van der Waals surface area (Å²) in [5.41, 5.74) is 5.05. The third-order valence-corrected chi connectivity index (χ3v) is 6.91. The van der Waals surface area contributed by atoms with E-state index in [1.807, 2.05) is 39.6 Å². The summed E-state index contributed by atoms with van der Waals surface area (Å²) in [5, 5.41) is 14.1. The molecule has 1 aromatic carbocycles. The lowest BCUT2D eigenvalue weighted by Gasteiger charge is -2.09. The maximum absolute atomic E-state index is 13.3. The molecule has 33 heavy (non-hydrogen) atoms. The van der Waals surface area contributed by atoms with Gasteiger partial charge in [-0.05, 0) is 64.4 Å². The molecule has 2 atom stereocenters. The number of pyridine rings is 1. The van der Waals surface area contributed by atoms with Gasteiger partial charge in [-0.25, -0.2) is 9.89 Å². The third kappa shape index (κ3) is 4.13. The van der Waals surface area contributed by atoms with Crippen LogP contribution < -0.4 is 5.69 Å². The first-order chi connectivity index (χ1) is 16.1. The monoisotopic (exact) mass is 443 g/mol. The molecule has 3 aromatic heterocycles. The predicted octanol–water partition coefficient (Wildman–Crippen LogP) is 4.11. The van der Waals surface area contributed by atoms with E-state index < -0.39 is 0 Å². The number of hydrogen-bond donors (Lipinski definition) is 1. The molecule has 2 unspecified atom stereocenters. The first kappa shape index (κ1) is 21.3. The van der Waals surface area contributed by atoms with Crippen molar-refractivity contribution in [1.29, 1.82) is 0 Å². The standard InChI is InChI=1S/C25H29N7O/c1-4-5-9-22-15-32(23-16(2)17(23)3)25(33)31(22)14-21-13-19(10-11-26-21)18-7-6-8-20(12-18)24-27-29-30-28-24/h6-8,10-13,15-17,23H,4-5,9,14H2,1-3H3,(H,27,28,29,30). The number of aromatic nitrogens is 7. The molecule has 1 aliphatic carbocycles. The first-order valence-corrected chi connectivity index (χ1v) is 11.7. The molecule has 170 valence electrons. The van der Waals surface area contributed by atoms with Crippen LogP contribution in [-0.2, 0) is 13.0 Å². The van der Waals surface area contributed by atoms with Crippen molar-refractivity contribution in [2.45, 2.75) is 52.6 Å². The first-order valence-electron chi connectivity index (χ1n) is 11.7. The van der Waals surface area contributed by atoms with Crippen LogP contribution in [0.1, 0.15) is 51.0 Å². The Morgan fingerprint density at radius 1 is 1.06 bits per heavy atom. The van der Waals surface area contributed by atoms with Crippen LogP contribution in [0.5, 0.6) is 0 Å². The molecular weight excluding hydrogens is 414 g/mol. The van der Waals surface area contributed by atoms with Crippen molar-refractivity contribution in [3.63, 3.8) is 0 Å². The number of benzene rings is 1. The van der Waals surface area contributed by atoms with E-state index in [4.69, 9.17) is 0 Å². The van der Waals surface area contributed by atoms with E-state index in [1.54, 1.807) is 0 Å². The van der Waals surface area contributed by atoms with E-state index in [0.29, 0.717) is 30.2 Å². The van der Waals surface area contributed by atoms with Crippen molar-refractivity contribution < 1.29 is 0 Å². The predicted molar refractivity (Wildman–Crippen MR) is 127 cm³/mol. The van der Waals surface area contributed by atoms with Crippen LogP contribution in [-0.4, -0.2) is 34.7 Å². The zero-order chi connectivity index (χ0) is 22.9. The Kier molecular flexibility index (Phi) is 5.66. The second-order valence-corrected chi connectivity index (χ2v) is 9.08. The number of aromatic amines is 1. The number of rotatable bonds is 8. The van der Waals surface area contributed by atoms with Crippen molar-refractivity contribution in [3.05, 3.63) is 70.7 Å². The molecule has 0 radical (unpaired) electrons. The lowest BCUT2D eigenvalue weighted by molar-refractivity contribution is 0.605. The summed E-state index contributed by atoms with van der Waals surface area (Å²) in [5.74, 6) is 1.72. The largest absolute Gasteiger partial charge is 0.328 e. The fraction of sp³-hybridized carbons (Fsp3) is 0.400. The Balaban J connectivity index is 1.46. The zero-order valence-corrected chi connectivity index (χ0v) is 19.3. The van der Waals surface area contributed by atoms with Crippen molar-refractivity contribution in [2.75, 3.05) is 0 Å². The maximum Gasteiger partial charge on any atom is 0.328 e. The molecule has 3 heterocycles. The number of nitrogens with zero attached hydrogens (tertiary/aromatic N) is 6. The minimum Gasteiger partial charge on any atom is -0.295 e. The molecule has 1 fully saturated rings. The summed E-state index contributed by atoms with van der Waals surface area (Å²) < 4.78 is 3.87. The highest BCUT2D eigenvalue weighted by Crippen LogP contribution is 2.49. The average Bonchev–Trinajstić information content (AvgIpc) is 3.21. The van der Waals surface area contributed by atoms with E-state index in [2.05, 4.69) is 64.7 Å². The number of hydrogen-bond acceptors (Lipinski definition) is 5. The molecule has 8 nitrogen and oxygen atoms in total. The smallest absolute Gasteiger partial charge is 0.295 e. The van der Waals surface area contributed by atoms with Crippen molar-refractivity contribution in [2.24, 2.45) is 11.8 Å². The van der Waals surface area contributed by atoms with Crippen molar-refractivity contribution in [3.8, 4) is 22.5 Å². The lowest BCUT2D eigenvalue weighted by atomic mass is 10.0. The van der Waals surface area contributed by atoms with E-state index >= 15 is 0 Å². The Labute approximate surface area is 192 Å². The average molecular weight is 444 g/mol. The fourth-order valence-corrected chi connectivity index (χ4v) is 4.66. The van der Waals surface area contributed by atoms with Gasteiger partial charge in [0.05, 0.1) is 12.2 Å². The van der Waals surface area contributed by atoms with Gasteiger partial charge in [0.2, 0.25) is 0 Å². The summed E-state index contributed by atoms with van der Waals surface area (Å²) in [4.78, 5) is 17.9. The highest BCUT2D eigenvalue weighted by Gasteiger charge is 2.45. The van der Waals surface area contributed by atoms with Gasteiger partial charge in [-0.3, -0.25) is 14.1 Å². The Hall–Kier alpha value is -3.55. The van der Waals surface area contributed by atoms with Gasteiger partial charge in [0.15, 0.2) is 5.82 Å². The lowest BCUT2D eigenvalue weighted by Crippen LogP contribution is -2.26. The number of nitrogens with one attached hydrogen (secondary N) is 1. The zero-order valence-electron chi connectivity index (χ0n) is 19.3. The van der Waals surface area contributed by atoms with Crippen LogP contribution in [0.2, 0.25) is 0 Å². The van der Waals surface area contributed by atoms with Crippen LogP contribution in [0.3, 0.4) is 0 Å². The van der Waals surface area contributed by atoms with Crippen LogP contribution in [0.15, 0.2) is 53.6 Å². The molecular formula is C25H29N7O. The summed E-state index contributed by atoms with van der Waals surface area (Å²) in [6, 6.07) is 12.4. The van der Waals surface area contributed by atoms with E-state index in [9.17, 15) is 4.79 Å². The highest BCUT2D eigenvalue weighted by atomic mass is 16.1. The fourth-order valence-electron chi connectivity index (χ4n) is 4.66. The van der Waals surface area contributed by atoms with E-state index in [0.717, 1.165) is 47.3 Å².